The van der Waals surface area contributed by atoms with Crippen molar-refractivity contribution < 1.29 is 4.20 Å². The zero-order chi connectivity index (χ0) is 25.2. The molecule has 0 spiro atoms. The molecular weight excluding hydrogens is 434 g/mol. The molecule has 0 nitrogen and oxygen atoms in total. The molecule has 0 aliphatic carbocycles. The van der Waals surface area contributed by atoms with E-state index in [0.29, 0.717) is 0 Å². The van der Waals surface area contributed by atoms with Gasteiger partial charge in [-0.05, 0) is 0 Å². The molecule has 208 valence electrons. The molecule has 34 heavy (non-hydrogen) atoms. The van der Waals surface area contributed by atoms with Crippen molar-refractivity contribution in [1.82, 2.24) is 0 Å². The van der Waals surface area contributed by atoms with Crippen LogP contribution in [0.15, 0.2) is 0 Å². The second-order valence-electron chi connectivity index (χ2n) is 11.8. The van der Waals surface area contributed by atoms with Gasteiger partial charge in [0.15, 0.2) is 0 Å². The van der Waals surface area contributed by atoms with E-state index < -0.39 is 6.91 Å². The molecule has 0 saturated carbocycles. The summed E-state index contributed by atoms with van der Waals surface area (Å²) < 4.78 is 17.6. The van der Waals surface area contributed by atoms with E-state index in [1.807, 2.05) is 0 Å². The monoisotopic (exact) mass is 503 g/mol. The Balaban J connectivity index is 5.00. The van der Waals surface area contributed by atoms with Crippen LogP contribution in [0.5, 0.6) is 0 Å². The fraction of sp³-hybridized carbons (Fsp3) is 1.00. The molecule has 0 radical (unpaired) electrons. The molecule has 0 amide bonds. The fourth-order valence-electron chi connectivity index (χ4n) is 5.82. The third-order valence-electron chi connectivity index (χ3n) is 8.28. The Morgan fingerprint density at radius 2 is 0.471 bits per heavy atom. The van der Waals surface area contributed by atoms with E-state index in [0.717, 1.165) is 24.6 Å². The zero-order valence-electron chi connectivity index (χ0n) is 24.6. The van der Waals surface area contributed by atoms with Gasteiger partial charge in [0, 0.05) is 0 Å². The molecule has 0 aliphatic rings. The van der Waals surface area contributed by atoms with Gasteiger partial charge in [0.2, 0.25) is 0 Å². The predicted molar refractivity (Wildman–Crippen MR) is 161 cm³/mol. The Kier molecular flexibility index (Phi) is 24.0. The molecule has 2 heteroatoms. The van der Waals surface area contributed by atoms with Gasteiger partial charge >= 0.3 is 218 Å². The molecule has 0 bridgehead atoms. The molecule has 0 aliphatic heterocycles. The predicted octanol–water partition coefficient (Wildman–Crippen LogP) is 12.9. The Labute approximate surface area is 217 Å². The van der Waals surface area contributed by atoms with Gasteiger partial charge in [0.25, 0.3) is 0 Å². The first-order chi connectivity index (χ1) is 16.5. The average molecular weight is 503 g/mol. The Hall–Kier alpha value is 0.360. The van der Waals surface area contributed by atoms with Crippen LogP contribution in [-0.2, 0) is 0 Å². The normalized spacial score (nSPS) is 13.3. The first-order valence-electron chi connectivity index (χ1n) is 16.3. The summed E-state index contributed by atoms with van der Waals surface area (Å²) in [4.78, 5) is 0. The van der Waals surface area contributed by atoms with Gasteiger partial charge in [0.1, 0.15) is 0 Å². The van der Waals surface area contributed by atoms with Crippen LogP contribution in [0.4, 0.5) is 4.20 Å². The van der Waals surface area contributed by atoms with E-state index in [4.69, 9.17) is 0 Å². The third-order valence-corrected chi connectivity index (χ3v) is 14.0. The maximum absolute atomic E-state index is 17.6. The number of hydrogen-bond acceptors (Lipinski definition) is 0. The van der Waals surface area contributed by atoms with Crippen LogP contribution >= 0.6 is 6.91 Å². The van der Waals surface area contributed by atoms with Gasteiger partial charge < -0.3 is 0 Å². The summed E-state index contributed by atoms with van der Waals surface area (Å²) in [6.07, 6.45) is 34.9. The molecule has 0 rings (SSSR count). The Morgan fingerprint density at radius 3 is 0.676 bits per heavy atom. The van der Waals surface area contributed by atoms with Crippen LogP contribution in [0.3, 0.4) is 0 Å². The van der Waals surface area contributed by atoms with E-state index in [1.54, 1.807) is 0 Å². The van der Waals surface area contributed by atoms with Crippen molar-refractivity contribution in [2.75, 3.05) is 24.6 Å². The summed E-state index contributed by atoms with van der Waals surface area (Å²) >= 11 is 0. The fourth-order valence-corrected chi connectivity index (χ4v) is 11.2. The standard InChI is InChI=1S/C32H68FP/c1-5-9-13-17-21-25-29-34(33,30-26-22-18-14-10-6-2,31-27-23-19-15-11-7-3)32-28-24-20-16-12-8-4/h5-32H2,1-4H3. The molecule has 0 unspecified atom stereocenters. The maximum atomic E-state index is 17.6. The summed E-state index contributed by atoms with van der Waals surface area (Å²) in [5.74, 6) is 0. The van der Waals surface area contributed by atoms with Crippen molar-refractivity contribution in [3.8, 4) is 0 Å². The zero-order valence-corrected chi connectivity index (χ0v) is 25.5. The van der Waals surface area contributed by atoms with E-state index in [1.165, 1.54) is 154 Å². The topological polar surface area (TPSA) is 0 Å². The molecule has 0 atom stereocenters. The number of unbranched alkanes of at least 4 members (excludes halogenated alkanes) is 20. The Morgan fingerprint density at radius 1 is 0.294 bits per heavy atom. The van der Waals surface area contributed by atoms with Crippen molar-refractivity contribution in [3.05, 3.63) is 0 Å². The molecule has 0 fully saturated rings. The Bertz CT molecular complexity index is 332. The van der Waals surface area contributed by atoms with E-state index >= 15 is 4.20 Å². The molecular formula is C32H68FP. The van der Waals surface area contributed by atoms with Crippen molar-refractivity contribution in [2.24, 2.45) is 0 Å². The van der Waals surface area contributed by atoms with Crippen LogP contribution in [0.2, 0.25) is 0 Å². The summed E-state index contributed by atoms with van der Waals surface area (Å²) in [5, 5.41) is 0. The van der Waals surface area contributed by atoms with Gasteiger partial charge in [0.05, 0.1) is 0 Å². The van der Waals surface area contributed by atoms with Crippen LogP contribution in [0.25, 0.3) is 0 Å². The van der Waals surface area contributed by atoms with Gasteiger partial charge in [-0.1, -0.05) is 0 Å². The van der Waals surface area contributed by atoms with E-state index in [-0.39, 0.29) is 0 Å². The van der Waals surface area contributed by atoms with Crippen LogP contribution < -0.4 is 0 Å². The summed E-state index contributed by atoms with van der Waals surface area (Å²) in [7, 11) is 0. The van der Waals surface area contributed by atoms with Crippen molar-refractivity contribution in [3.63, 3.8) is 0 Å². The van der Waals surface area contributed by atoms with Gasteiger partial charge in [-0.25, -0.2) is 0 Å². The molecule has 0 saturated heterocycles. The number of rotatable bonds is 28. The van der Waals surface area contributed by atoms with Crippen LogP contribution in [0.1, 0.15) is 182 Å². The van der Waals surface area contributed by atoms with Gasteiger partial charge in [-0.2, -0.15) is 0 Å². The average Bonchev–Trinajstić information content (AvgIpc) is 2.83. The molecule has 0 aromatic rings. The second kappa shape index (κ2) is 23.7. The quantitative estimate of drug-likeness (QED) is 0.0737. The molecule has 0 N–H and O–H groups in total. The van der Waals surface area contributed by atoms with Gasteiger partial charge in [-0.15, -0.1) is 0 Å². The first-order valence-corrected chi connectivity index (χ1v) is 19.1. The molecule has 0 aromatic heterocycles. The van der Waals surface area contributed by atoms with Gasteiger partial charge in [-0.3, -0.25) is 0 Å². The van der Waals surface area contributed by atoms with Crippen molar-refractivity contribution in [1.29, 1.82) is 0 Å². The van der Waals surface area contributed by atoms with Crippen molar-refractivity contribution in [2.45, 2.75) is 182 Å². The number of hydrogen-bond donors (Lipinski definition) is 0. The second-order valence-corrected chi connectivity index (χ2v) is 17.2. The summed E-state index contributed by atoms with van der Waals surface area (Å²) in [6.45, 7) is 6.08. The minimum absolute atomic E-state index is 0.969. The molecule has 0 aromatic carbocycles. The summed E-state index contributed by atoms with van der Waals surface area (Å²) in [6, 6.07) is 0. The van der Waals surface area contributed by atoms with Crippen LogP contribution in [0, 0.1) is 0 Å². The molecule has 0 heterocycles. The van der Waals surface area contributed by atoms with E-state index in [9.17, 15) is 0 Å². The third kappa shape index (κ3) is 19.5. The van der Waals surface area contributed by atoms with E-state index in [2.05, 4.69) is 27.7 Å². The minimum atomic E-state index is -3.07. The first kappa shape index (κ1) is 34.4. The SMILES string of the molecule is CCCCCCCCP(F)(CCCCCCCC)(CCCCCCCC)CCCCCCCC. The van der Waals surface area contributed by atoms with Crippen LogP contribution in [-0.4, -0.2) is 24.6 Å². The summed E-state index contributed by atoms with van der Waals surface area (Å²) in [5.41, 5.74) is 0. The number of halogens is 1. The van der Waals surface area contributed by atoms with Crippen molar-refractivity contribution >= 4 is 6.91 Å².